The quantitative estimate of drug-likeness (QED) is 0.574. The molecule has 1 unspecified atom stereocenters. The number of aromatic nitrogens is 1. The molecule has 3 N–H and O–H groups in total. The summed E-state index contributed by atoms with van der Waals surface area (Å²) in [5.74, 6) is -0.175. The fourth-order valence-electron chi connectivity index (χ4n) is 1.29. The van der Waals surface area contributed by atoms with Crippen molar-refractivity contribution < 1.29 is 4.79 Å². The Balaban J connectivity index is 2.63. The van der Waals surface area contributed by atoms with Gasteiger partial charge < -0.3 is 11.1 Å². The minimum absolute atomic E-state index is 0.175. The standard InChI is InChI=1S/C8H9N3O/c1-8(9)5-4-10-3-2-6(5)11-7(8)12/h2-4H,9H2,1H3,(H,11,12). The molecular weight excluding hydrogens is 154 g/mol. The molecule has 0 bridgehead atoms. The molecular formula is C8H9N3O. The lowest BCUT2D eigenvalue weighted by Crippen LogP contribution is -2.40. The van der Waals surface area contributed by atoms with Crippen LogP contribution in [-0.4, -0.2) is 10.9 Å². The predicted molar refractivity (Wildman–Crippen MR) is 44.4 cm³/mol. The molecule has 0 radical (unpaired) electrons. The lowest BCUT2D eigenvalue weighted by molar-refractivity contribution is -0.120. The Morgan fingerprint density at radius 1 is 1.67 bits per heavy atom. The van der Waals surface area contributed by atoms with E-state index in [0.29, 0.717) is 0 Å². The van der Waals surface area contributed by atoms with Crippen molar-refractivity contribution >= 4 is 11.6 Å². The van der Waals surface area contributed by atoms with Crippen LogP contribution in [0.25, 0.3) is 0 Å². The largest absolute Gasteiger partial charge is 0.324 e. The van der Waals surface area contributed by atoms with Gasteiger partial charge in [-0.2, -0.15) is 0 Å². The molecule has 12 heavy (non-hydrogen) atoms. The molecule has 0 spiro atoms. The van der Waals surface area contributed by atoms with Gasteiger partial charge in [0.05, 0.1) is 0 Å². The van der Waals surface area contributed by atoms with E-state index in [1.165, 1.54) is 0 Å². The number of pyridine rings is 1. The number of fused-ring (bicyclic) bond motifs is 1. The number of amides is 1. The first kappa shape index (κ1) is 7.24. The van der Waals surface area contributed by atoms with Gasteiger partial charge in [0.2, 0.25) is 5.91 Å². The summed E-state index contributed by atoms with van der Waals surface area (Å²) in [5, 5.41) is 2.68. The van der Waals surface area contributed by atoms with Crippen LogP contribution in [0.3, 0.4) is 0 Å². The molecule has 1 aromatic rings. The Kier molecular flexibility index (Phi) is 1.23. The normalized spacial score (nSPS) is 26.7. The minimum Gasteiger partial charge on any atom is -0.324 e. The summed E-state index contributed by atoms with van der Waals surface area (Å²) in [5.41, 5.74) is 6.38. The Morgan fingerprint density at radius 3 is 3.08 bits per heavy atom. The highest BCUT2D eigenvalue weighted by atomic mass is 16.2. The average molecular weight is 163 g/mol. The second kappa shape index (κ2) is 2.04. The number of nitrogens with one attached hydrogen (secondary N) is 1. The number of hydrogen-bond acceptors (Lipinski definition) is 3. The summed E-state index contributed by atoms with van der Waals surface area (Å²) in [4.78, 5) is 15.2. The molecule has 1 aliphatic heterocycles. The van der Waals surface area contributed by atoms with Crippen LogP contribution in [0.5, 0.6) is 0 Å². The van der Waals surface area contributed by atoms with Crippen LogP contribution < -0.4 is 11.1 Å². The Bertz CT molecular complexity index is 346. The molecule has 1 aliphatic rings. The van der Waals surface area contributed by atoms with Crippen LogP contribution in [0.2, 0.25) is 0 Å². The lowest BCUT2D eigenvalue weighted by Gasteiger charge is -2.13. The third-order valence-electron chi connectivity index (χ3n) is 2.10. The van der Waals surface area contributed by atoms with E-state index < -0.39 is 5.54 Å². The zero-order valence-corrected chi connectivity index (χ0v) is 6.66. The zero-order valence-electron chi connectivity index (χ0n) is 6.66. The first-order valence-electron chi connectivity index (χ1n) is 3.67. The summed E-state index contributed by atoms with van der Waals surface area (Å²) < 4.78 is 0. The fraction of sp³-hybridized carbons (Fsp3) is 0.250. The van der Waals surface area contributed by atoms with Crippen molar-refractivity contribution in [3.05, 3.63) is 24.0 Å². The van der Waals surface area contributed by atoms with E-state index in [9.17, 15) is 4.79 Å². The van der Waals surface area contributed by atoms with Crippen molar-refractivity contribution in [2.75, 3.05) is 5.32 Å². The van der Waals surface area contributed by atoms with Crippen molar-refractivity contribution in [2.24, 2.45) is 5.73 Å². The maximum Gasteiger partial charge on any atom is 0.248 e. The number of carbonyl (C=O) groups is 1. The van der Waals surface area contributed by atoms with Gasteiger partial charge in [0, 0.05) is 23.6 Å². The van der Waals surface area contributed by atoms with Crippen LogP contribution >= 0.6 is 0 Å². The van der Waals surface area contributed by atoms with Crippen LogP contribution in [0, 0.1) is 0 Å². The zero-order chi connectivity index (χ0) is 8.77. The Labute approximate surface area is 69.8 Å². The first-order valence-corrected chi connectivity index (χ1v) is 3.67. The van der Waals surface area contributed by atoms with Gasteiger partial charge in [-0.3, -0.25) is 9.78 Å². The molecule has 0 aromatic carbocycles. The van der Waals surface area contributed by atoms with Gasteiger partial charge in [0.15, 0.2) is 0 Å². The Morgan fingerprint density at radius 2 is 2.42 bits per heavy atom. The SMILES string of the molecule is CC1(N)C(=O)Nc2ccncc21. The molecule has 0 saturated heterocycles. The number of anilines is 1. The summed E-state index contributed by atoms with van der Waals surface area (Å²) in [6.45, 7) is 1.68. The first-order chi connectivity index (χ1) is 5.62. The van der Waals surface area contributed by atoms with Crippen LogP contribution in [0.1, 0.15) is 12.5 Å². The van der Waals surface area contributed by atoms with E-state index in [-0.39, 0.29) is 5.91 Å². The number of nitrogens with zero attached hydrogens (tertiary/aromatic N) is 1. The smallest absolute Gasteiger partial charge is 0.248 e. The van der Waals surface area contributed by atoms with E-state index in [4.69, 9.17) is 5.73 Å². The molecule has 4 nitrogen and oxygen atoms in total. The number of nitrogens with two attached hydrogens (primary N) is 1. The second-order valence-electron chi connectivity index (χ2n) is 3.08. The molecule has 2 heterocycles. The third kappa shape index (κ3) is 0.753. The van der Waals surface area contributed by atoms with Gasteiger partial charge in [0.25, 0.3) is 0 Å². The number of rotatable bonds is 0. The van der Waals surface area contributed by atoms with Gasteiger partial charge in [-0.1, -0.05) is 0 Å². The topological polar surface area (TPSA) is 68.0 Å². The fourth-order valence-corrected chi connectivity index (χ4v) is 1.29. The highest BCUT2D eigenvalue weighted by molar-refractivity contribution is 6.05. The van der Waals surface area contributed by atoms with Crippen molar-refractivity contribution in [1.29, 1.82) is 0 Å². The highest BCUT2D eigenvalue weighted by Crippen LogP contribution is 2.32. The molecule has 2 rings (SSSR count). The average Bonchev–Trinajstić information content (AvgIpc) is 2.25. The molecule has 4 heteroatoms. The van der Waals surface area contributed by atoms with E-state index in [1.807, 2.05) is 0 Å². The van der Waals surface area contributed by atoms with Gasteiger partial charge in [-0.15, -0.1) is 0 Å². The predicted octanol–water partition coefficient (Wildman–Crippen LogP) is 0.208. The van der Waals surface area contributed by atoms with Crippen molar-refractivity contribution in [3.8, 4) is 0 Å². The van der Waals surface area contributed by atoms with Crippen LogP contribution in [0.4, 0.5) is 5.69 Å². The van der Waals surface area contributed by atoms with E-state index in [0.717, 1.165) is 11.3 Å². The molecule has 1 amide bonds. The van der Waals surface area contributed by atoms with Crippen molar-refractivity contribution in [1.82, 2.24) is 4.98 Å². The van der Waals surface area contributed by atoms with E-state index in [1.54, 1.807) is 25.4 Å². The number of hydrogen-bond donors (Lipinski definition) is 2. The Hall–Kier alpha value is -1.42. The van der Waals surface area contributed by atoms with Gasteiger partial charge >= 0.3 is 0 Å². The summed E-state index contributed by atoms with van der Waals surface area (Å²) >= 11 is 0. The summed E-state index contributed by atoms with van der Waals surface area (Å²) in [7, 11) is 0. The second-order valence-corrected chi connectivity index (χ2v) is 3.08. The van der Waals surface area contributed by atoms with Crippen molar-refractivity contribution in [2.45, 2.75) is 12.5 Å². The van der Waals surface area contributed by atoms with Gasteiger partial charge in [-0.25, -0.2) is 0 Å². The molecule has 0 aliphatic carbocycles. The minimum atomic E-state index is -0.927. The van der Waals surface area contributed by atoms with Crippen LogP contribution in [0.15, 0.2) is 18.5 Å². The maximum atomic E-state index is 11.3. The summed E-state index contributed by atoms with van der Waals surface area (Å²) in [6.07, 6.45) is 3.24. The molecule has 0 fully saturated rings. The monoisotopic (exact) mass is 163 g/mol. The van der Waals surface area contributed by atoms with E-state index >= 15 is 0 Å². The molecule has 1 aromatic heterocycles. The molecule has 62 valence electrons. The third-order valence-corrected chi connectivity index (χ3v) is 2.10. The van der Waals surface area contributed by atoms with Gasteiger partial charge in [-0.05, 0) is 13.0 Å². The van der Waals surface area contributed by atoms with Crippen LogP contribution in [-0.2, 0) is 10.3 Å². The molecule has 1 atom stereocenters. The van der Waals surface area contributed by atoms with Crippen molar-refractivity contribution in [3.63, 3.8) is 0 Å². The molecule has 0 saturated carbocycles. The van der Waals surface area contributed by atoms with E-state index in [2.05, 4.69) is 10.3 Å². The number of carbonyl (C=O) groups excluding carboxylic acids is 1. The maximum absolute atomic E-state index is 11.3. The lowest BCUT2D eigenvalue weighted by atomic mass is 9.97. The van der Waals surface area contributed by atoms with Gasteiger partial charge in [0.1, 0.15) is 5.54 Å². The summed E-state index contributed by atoms with van der Waals surface area (Å²) in [6, 6.07) is 1.74. The highest BCUT2D eigenvalue weighted by Gasteiger charge is 2.38.